The molecule has 0 radical (unpaired) electrons. The molecule has 0 N–H and O–H groups in total. The van der Waals surface area contributed by atoms with E-state index in [1.165, 1.54) is 16.9 Å². The predicted octanol–water partition coefficient (Wildman–Crippen LogP) is 5.92. The number of benzene rings is 2. The lowest BCUT2D eigenvalue weighted by Crippen LogP contribution is -2.34. The van der Waals surface area contributed by atoms with Crippen molar-refractivity contribution in [2.24, 2.45) is 0 Å². The standard InChI is InChI=1S/C27H22Cl2N2O5/c1-2-3-10-36-24-19-12-21(28)22(29)13-20(19)27(34)30(14-16-7-6-11-35-16)23(24)15-31-25(32)17-8-4-5-9-18(17)26(31)33/h4-9,11-13H,2-3,10,14-15H2,1H3. The van der Waals surface area contributed by atoms with Gasteiger partial charge in [-0.1, -0.05) is 48.7 Å². The van der Waals surface area contributed by atoms with Crippen LogP contribution in [-0.2, 0) is 13.1 Å². The zero-order chi connectivity index (χ0) is 25.4. The fourth-order valence-electron chi connectivity index (χ4n) is 4.35. The summed E-state index contributed by atoms with van der Waals surface area (Å²) in [7, 11) is 0. The average molecular weight is 525 g/mol. The molecule has 3 heterocycles. The van der Waals surface area contributed by atoms with E-state index in [9.17, 15) is 14.4 Å². The first-order valence-electron chi connectivity index (χ1n) is 11.6. The highest BCUT2D eigenvalue weighted by molar-refractivity contribution is 6.42. The number of furan rings is 1. The number of hydrogen-bond acceptors (Lipinski definition) is 5. The average Bonchev–Trinajstić information content (AvgIpc) is 3.47. The molecule has 4 aromatic rings. The highest BCUT2D eigenvalue weighted by Gasteiger charge is 2.36. The quantitative estimate of drug-likeness (QED) is 0.211. The van der Waals surface area contributed by atoms with Crippen molar-refractivity contribution in [2.45, 2.75) is 32.9 Å². The minimum atomic E-state index is -0.429. The molecule has 2 aromatic carbocycles. The van der Waals surface area contributed by atoms with Gasteiger partial charge in [-0.25, -0.2) is 0 Å². The number of fused-ring (bicyclic) bond motifs is 2. The summed E-state index contributed by atoms with van der Waals surface area (Å²) in [5, 5.41) is 1.28. The molecule has 0 aliphatic carbocycles. The molecule has 0 atom stereocenters. The molecule has 0 spiro atoms. The molecule has 7 nitrogen and oxygen atoms in total. The van der Waals surface area contributed by atoms with Crippen LogP contribution in [0.3, 0.4) is 0 Å². The lowest BCUT2D eigenvalue weighted by Gasteiger charge is -2.23. The van der Waals surface area contributed by atoms with Gasteiger partial charge in [0, 0.05) is 5.39 Å². The van der Waals surface area contributed by atoms with Gasteiger partial charge < -0.3 is 9.15 Å². The molecule has 0 saturated carbocycles. The summed E-state index contributed by atoms with van der Waals surface area (Å²) in [4.78, 5) is 41.2. The molecule has 1 aliphatic heterocycles. The summed E-state index contributed by atoms with van der Waals surface area (Å²) in [6.45, 7) is 2.32. The van der Waals surface area contributed by atoms with Crippen LogP contribution >= 0.6 is 23.2 Å². The van der Waals surface area contributed by atoms with E-state index in [-0.39, 0.29) is 28.7 Å². The van der Waals surface area contributed by atoms with Gasteiger partial charge in [0.2, 0.25) is 0 Å². The lowest BCUT2D eigenvalue weighted by atomic mass is 10.1. The molecule has 5 rings (SSSR count). The molecule has 0 unspecified atom stereocenters. The van der Waals surface area contributed by atoms with Crippen molar-refractivity contribution in [1.29, 1.82) is 0 Å². The van der Waals surface area contributed by atoms with Crippen LogP contribution in [0.2, 0.25) is 10.0 Å². The van der Waals surface area contributed by atoms with Crippen LogP contribution in [0, 0.1) is 0 Å². The van der Waals surface area contributed by atoms with Crippen LogP contribution in [0.25, 0.3) is 10.8 Å². The fourth-order valence-corrected chi connectivity index (χ4v) is 4.68. The number of hydrogen-bond donors (Lipinski definition) is 0. The maximum atomic E-state index is 13.8. The Morgan fingerprint density at radius 2 is 1.56 bits per heavy atom. The Hall–Kier alpha value is -3.55. The third kappa shape index (κ3) is 4.18. The summed E-state index contributed by atoms with van der Waals surface area (Å²) in [6.07, 6.45) is 3.18. The second-order valence-electron chi connectivity index (χ2n) is 8.50. The molecule has 2 aromatic heterocycles. The van der Waals surface area contributed by atoms with Crippen molar-refractivity contribution < 1.29 is 18.7 Å². The first-order valence-corrected chi connectivity index (χ1v) is 12.3. The highest BCUT2D eigenvalue weighted by atomic mass is 35.5. The predicted molar refractivity (Wildman–Crippen MR) is 137 cm³/mol. The van der Waals surface area contributed by atoms with E-state index < -0.39 is 11.8 Å². The number of nitrogens with zero attached hydrogens (tertiary/aromatic N) is 2. The number of amides is 2. The lowest BCUT2D eigenvalue weighted by molar-refractivity contribution is 0.0637. The van der Waals surface area contributed by atoms with Gasteiger partial charge in [-0.2, -0.15) is 0 Å². The van der Waals surface area contributed by atoms with Crippen LogP contribution < -0.4 is 10.3 Å². The monoisotopic (exact) mass is 524 g/mol. The van der Waals surface area contributed by atoms with E-state index in [4.69, 9.17) is 32.4 Å². The van der Waals surface area contributed by atoms with Crippen LogP contribution in [-0.4, -0.2) is 27.9 Å². The Kier molecular flexibility index (Phi) is 6.60. The number of pyridine rings is 1. The topological polar surface area (TPSA) is 81.8 Å². The van der Waals surface area contributed by atoms with Gasteiger partial charge >= 0.3 is 0 Å². The van der Waals surface area contributed by atoms with Crippen molar-refractivity contribution in [1.82, 2.24) is 9.47 Å². The van der Waals surface area contributed by atoms with Crippen molar-refractivity contribution in [3.8, 4) is 5.75 Å². The molecule has 36 heavy (non-hydrogen) atoms. The van der Waals surface area contributed by atoms with E-state index in [1.807, 2.05) is 6.92 Å². The Balaban J connectivity index is 1.72. The summed E-state index contributed by atoms with van der Waals surface area (Å²) in [6, 6.07) is 13.2. The van der Waals surface area contributed by atoms with Crippen LogP contribution in [0.15, 0.2) is 64.0 Å². The number of unbranched alkanes of at least 4 members (excludes halogenated alkanes) is 1. The number of halogens is 2. The SMILES string of the molecule is CCCCOc1c(CN2C(=O)c3ccccc3C2=O)n(Cc2ccco2)c(=O)c2cc(Cl)c(Cl)cc12. The zero-order valence-electron chi connectivity index (χ0n) is 19.4. The molecule has 184 valence electrons. The minimum Gasteiger partial charge on any atom is -0.491 e. The number of aromatic nitrogens is 1. The van der Waals surface area contributed by atoms with Crippen molar-refractivity contribution >= 4 is 45.8 Å². The fraction of sp³-hybridized carbons (Fsp3) is 0.222. The Bertz CT molecular complexity index is 1510. The number of imide groups is 1. The number of rotatable bonds is 8. The van der Waals surface area contributed by atoms with Gasteiger partial charge in [-0.05, 0) is 42.8 Å². The smallest absolute Gasteiger partial charge is 0.261 e. The third-order valence-corrected chi connectivity index (χ3v) is 6.92. The van der Waals surface area contributed by atoms with Gasteiger partial charge in [-0.3, -0.25) is 23.9 Å². The maximum Gasteiger partial charge on any atom is 0.261 e. The first kappa shape index (κ1) is 24.2. The van der Waals surface area contributed by atoms with Crippen LogP contribution in [0.1, 0.15) is 51.9 Å². The van der Waals surface area contributed by atoms with Crippen molar-refractivity contribution in [3.63, 3.8) is 0 Å². The summed E-state index contributed by atoms with van der Waals surface area (Å²) in [5.74, 6) is 0.0436. The van der Waals surface area contributed by atoms with E-state index in [0.29, 0.717) is 45.7 Å². The van der Waals surface area contributed by atoms with E-state index in [1.54, 1.807) is 42.5 Å². The molecule has 0 bridgehead atoms. The maximum absolute atomic E-state index is 13.8. The van der Waals surface area contributed by atoms with Crippen molar-refractivity contribution in [2.75, 3.05) is 6.61 Å². The third-order valence-electron chi connectivity index (χ3n) is 6.19. The van der Waals surface area contributed by atoms with Gasteiger partial charge in [0.15, 0.2) is 0 Å². The van der Waals surface area contributed by atoms with Gasteiger partial charge in [-0.15, -0.1) is 0 Å². The Labute approximate surface area is 216 Å². The summed E-state index contributed by atoms with van der Waals surface area (Å²) >= 11 is 12.6. The summed E-state index contributed by atoms with van der Waals surface area (Å²) < 4.78 is 13.2. The molecule has 9 heteroatoms. The Morgan fingerprint density at radius 1 is 0.889 bits per heavy atom. The van der Waals surface area contributed by atoms with Crippen molar-refractivity contribution in [3.05, 3.63) is 97.8 Å². The van der Waals surface area contributed by atoms with Crippen LogP contribution in [0.4, 0.5) is 0 Å². The van der Waals surface area contributed by atoms with Gasteiger partial charge in [0.1, 0.15) is 11.5 Å². The minimum absolute atomic E-state index is 0.0741. The zero-order valence-corrected chi connectivity index (χ0v) is 20.9. The van der Waals surface area contributed by atoms with Gasteiger partial charge in [0.25, 0.3) is 17.4 Å². The molecule has 2 amide bonds. The molecule has 0 fully saturated rings. The van der Waals surface area contributed by atoms with Gasteiger partial charge in [0.05, 0.1) is 58.2 Å². The normalized spacial score (nSPS) is 13.0. The molecular weight excluding hydrogens is 503 g/mol. The Morgan fingerprint density at radius 3 is 2.17 bits per heavy atom. The first-order chi connectivity index (χ1) is 17.4. The summed E-state index contributed by atoms with van der Waals surface area (Å²) in [5.41, 5.74) is 0.653. The number of carbonyl (C=O) groups excluding carboxylic acids is 2. The van der Waals surface area contributed by atoms with Crippen LogP contribution in [0.5, 0.6) is 5.75 Å². The number of carbonyl (C=O) groups is 2. The molecule has 1 aliphatic rings. The van der Waals surface area contributed by atoms with E-state index in [0.717, 1.165) is 17.7 Å². The van der Waals surface area contributed by atoms with E-state index >= 15 is 0 Å². The highest BCUT2D eigenvalue weighted by Crippen LogP contribution is 2.36. The largest absolute Gasteiger partial charge is 0.491 e. The molecule has 0 saturated heterocycles. The van der Waals surface area contributed by atoms with E-state index in [2.05, 4.69) is 0 Å². The second kappa shape index (κ2) is 9.84. The number of ether oxygens (including phenoxy) is 1. The second-order valence-corrected chi connectivity index (χ2v) is 9.32. The molecular formula is C27H22Cl2N2O5.